The molecule has 808 valence electrons. The highest BCUT2D eigenvalue weighted by Gasteiger charge is 2.64. The van der Waals surface area contributed by atoms with Crippen LogP contribution in [0, 0.1) is 0 Å². The van der Waals surface area contributed by atoms with E-state index in [4.69, 9.17) is 170 Å². The van der Waals surface area contributed by atoms with Crippen molar-refractivity contribution in [1.82, 2.24) is 0 Å². The quantitative estimate of drug-likeness (QED) is 0.0446. The standard InChI is InChI=1S/C95H189NO35Si6/c1-90(2,3)132(33,34)112-49-56-63-70(98-20)78(106-28)85(120-56)128-65-58(51-114-134(37,38)92(7,8)9)122-87(80(108-30)72(65)100-22)130-67-60(53-116-136(41,42)94(13,14)15)124-89(82(110-32)74(67)102-24)131-68-61(54-117-137(43,44)95(16,17)18)123-88(81(109-31)75(68)103-25)129-66-59(52-115-135(39,40)93(10,11)12)121-86(79(107-29)73(66)101-23)127-64-57(50-113-133(35,36)91(4,5)6)119-84(77(105-27)71(64)99-21)125-62-55(48-111-47-45-46-96)118-83(126-63)76(104-26)69(62)97-19/h55-89H,45-54,96H2,1-44H3. The van der Waals surface area contributed by atoms with Gasteiger partial charge in [-0.1, -0.05) is 125 Å². The van der Waals surface area contributed by atoms with Crippen LogP contribution in [0.25, 0.3) is 0 Å². The fraction of sp³-hybridized carbons (Fsp3) is 1.00. The fourth-order valence-electron chi connectivity index (χ4n) is 17.1. The van der Waals surface area contributed by atoms with Gasteiger partial charge in [-0.3, -0.25) is 0 Å². The summed E-state index contributed by atoms with van der Waals surface area (Å²) in [4.78, 5) is 0. The SMILES string of the molecule is COC1C2OC(COCCCN)C(OC3OC(CO[Si](C)(C)C(C)(C)C)C(OC4OC(CO[Si](C)(C)C(C)(C)C)C(OC5OC(CO[Si](C)(C)C(C)(C)C)C(OC6OC(CO[Si](C)(C)C(C)(C)C)C(OC7OC(CO[Si](C)(C)C(C)(C)C)C(OC8OC(CO[Si](C)(C)C(C)(C)C)C(O2)C(OC)C8OC)C(OC)C7OC)C(OC)C6OC)C(OC)C5OC)C(OC)C4OC)C(OC)C3OC)C1OC. The average Bonchev–Trinajstić information content (AvgIpc) is 0.856. The van der Waals surface area contributed by atoms with Crippen LogP contribution in [0.15, 0.2) is 0 Å². The van der Waals surface area contributed by atoms with Crippen LogP contribution >= 0.6 is 0 Å². The molecule has 35 unspecified atom stereocenters. The zero-order valence-corrected chi connectivity index (χ0v) is 98.1. The molecule has 0 amide bonds. The largest absolute Gasteiger partial charge is 0.414 e. The molecule has 42 heteroatoms. The molecule has 21 heterocycles. The molecule has 36 nitrogen and oxygen atoms in total. The van der Waals surface area contributed by atoms with Crippen molar-refractivity contribution in [1.29, 1.82) is 0 Å². The van der Waals surface area contributed by atoms with Crippen LogP contribution in [0.2, 0.25) is 109 Å². The zero-order chi connectivity index (χ0) is 103. The summed E-state index contributed by atoms with van der Waals surface area (Å²) in [5.74, 6) is 0. The van der Waals surface area contributed by atoms with E-state index in [0.29, 0.717) is 13.0 Å². The average molecular weight is 2070 g/mol. The predicted octanol–water partition coefficient (Wildman–Crippen LogP) is 12.5. The van der Waals surface area contributed by atoms with Gasteiger partial charge in [0.25, 0.3) is 0 Å². The first-order valence-corrected chi connectivity index (χ1v) is 66.7. The second-order valence-electron chi connectivity index (χ2n) is 47.0. The molecule has 21 saturated heterocycles. The summed E-state index contributed by atoms with van der Waals surface area (Å²) < 4.78 is 249. The summed E-state index contributed by atoms with van der Waals surface area (Å²) in [6, 6.07) is 0. The minimum atomic E-state index is -2.66. The minimum Gasteiger partial charge on any atom is -0.414 e. The monoisotopic (exact) mass is 2070 g/mol. The van der Waals surface area contributed by atoms with Gasteiger partial charge in [-0.2, -0.15) is 0 Å². The Hall–Kier alpha value is -0.139. The lowest BCUT2D eigenvalue weighted by Gasteiger charge is -2.53. The number of rotatable bonds is 37. The molecule has 21 fully saturated rings. The smallest absolute Gasteiger partial charge is 0.192 e. The Balaban J connectivity index is 1.42. The first kappa shape index (κ1) is 122. The van der Waals surface area contributed by atoms with Crippen LogP contribution in [0.5, 0.6) is 0 Å². The van der Waals surface area contributed by atoms with Gasteiger partial charge in [-0.05, 0) is 122 Å². The van der Waals surface area contributed by atoms with Gasteiger partial charge in [0.2, 0.25) is 0 Å². The number of nitrogens with two attached hydrogens (primary N) is 1. The van der Waals surface area contributed by atoms with Crippen molar-refractivity contribution in [3.63, 3.8) is 0 Å². The van der Waals surface area contributed by atoms with Crippen molar-refractivity contribution >= 4 is 49.9 Å². The predicted molar refractivity (Wildman–Crippen MR) is 529 cm³/mol. The van der Waals surface area contributed by atoms with Gasteiger partial charge in [0.05, 0.1) is 46.2 Å². The van der Waals surface area contributed by atoms with Crippen molar-refractivity contribution in [2.45, 2.75) is 455 Å². The summed E-state index contributed by atoms with van der Waals surface area (Å²) in [7, 11) is 6.11. The van der Waals surface area contributed by atoms with Gasteiger partial charge in [-0.25, -0.2) is 0 Å². The molecule has 14 bridgehead atoms. The van der Waals surface area contributed by atoms with E-state index in [1.165, 1.54) is 0 Å². The van der Waals surface area contributed by atoms with Crippen LogP contribution in [0.1, 0.15) is 131 Å². The third kappa shape index (κ3) is 28.6. The molecular weight excluding hydrogens is 1880 g/mol. The maximum Gasteiger partial charge on any atom is 0.192 e. The van der Waals surface area contributed by atoms with Crippen molar-refractivity contribution in [2.24, 2.45) is 5.73 Å². The van der Waals surface area contributed by atoms with Gasteiger partial charge >= 0.3 is 0 Å². The van der Waals surface area contributed by atoms with Crippen LogP contribution in [-0.2, 0) is 164 Å². The van der Waals surface area contributed by atoms with Gasteiger partial charge in [0.1, 0.15) is 171 Å². The summed E-state index contributed by atoms with van der Waals surface area (Å²) in [6.07, 6.45) is -37.9. The highest BCUT2D eigenvalue weighted by molar-refractivity contribution is 6.76. The Kier molecular flexibility index (Phi) is 44.7. The molecule has 0 aromatic carbocycles. The lowest BCUT2D eigenvalue weighted by Crippen LogP contribution is -2.70. The maximum atomic E-state index is 7.62. The first-order chi connectivity index (χ1) is 63.6. The van der Waals surface area contributed by atoms with Crippen molar-refractivity contribution in [3.05, 3.63) is 0 Å². The zero-order valence-electron chi connectivity index (χ0n) is 92.1. The van der Waals surface area contributed by atoms with E-state index < -0.39 is 265 Å². The van der Waals surface area contributed by atoms with E-state index in [9.17, 15) is 0 Å². The summed E-state index contributed by atoms with van der Waals surface area (Å²) in [5, 5.41) is -1.61. The molecule has 35 atom stereocenters. The van der Waals surface area contributed by atoms with Crippen molar-refractivity contribution < 1.29 is 164 Å². The third-order valence-electron chi connectivity index (χ3n) is 32.3. The molecule has 21 aliphatic rings. The van der Waals surface area contributed by atoms with Gasteiger partial charge in [0, 0.05) is 106 Å². The fourth-order valence-corrected chi connectivity index (χ4v) is 23.2. The minimum absolute atomic E-state index is 0.0167. The molecule has 0 aliphatic carbocycles. The lowest BCUT2D eigenvalue weighted by atomic mass is 9.94. The molecule has 0 aromatic rings. The molecule has 0 radical (unpaired) electrons. The maximum absolute atomic E-state index is 7.62. The topological polar surface area (TPSA) is 349 Å². The molecule has 137 heavy (non-hydrogen) atoms. The summed E-state index contributed by atoms with van der Waals surface area (Å²) >= 11 is 0. The number of hydrogen-bond acceptors (Lipinski definition) is 36. The lowest BCUT2D eigenvalue weighted by molar-refractivity contribution is -0.402. The Bertz CT molecular complexity index is 3390. The second-order valence-corrected chi connectivity index (χ2v) is 75.8. The summed E-state index contributed by atoms with van der Waals surface area (Å²) in [6.45, 7) is 65.7. The normalized spacial score (nSPS) is 37.9. The van der Waals surface area contributed by atoms with E-state index in [1.54, 1.807) is 99.5 Å². The van der Waals surface area contributed by atoms with Gasteiger partial charge in [0.15, 0.2) is 93.9 Å². The molecule has 2 N–H and O–H groups in total. The van der Waals surface area contributed by atoms with Gasteiger partial charge < -0.3 is 170 Å². The third-order valence-corrected chi connectivity index (χ3v) is 59.3. The highest BCUT2D eigenvalue weighted by atomic mass is 28.4. The highest BCUT2D eigenvalue weighted by Crippen LogP contribution is 2.49. The first-order valence-electron chi connectivity index (χ1n) is 49.2. The Morgan fingerprint density at radius 2 is 0.314 bits per heavy atom. The number of ether oxygens (including phenoxy) is 29. The Labute approximate surface area is 828 Å². The van der Waals surface area contributed by atoms with E-state index in [-0.39, 0.29) is 83.1 Å². The number of hydrogen-bond donors (Lipinski definition) is 1. The molecule has 21 aliphatic heterocycles. The summed E-state index contributed by atoms with van der Waals surface area (Å²) in [5.41, 5.74) is 6.16. The molecule has 21 rings (SSSR count). The van der Waals surface area contributed by atoms with Crippen LogP contribution < -0.4 is 5.73 Å². The van der Waals surface area contributed by atoms with Crippen LogP contribution in [-0.4, -0.2) is 424 Å². The van der Waals surface area contributed by atoms with Gasteiger partial charge in [-0.15, -0.1) is 0 Å². The van der Waals surface area contributed by atoms with E-state index in [0.717, 1.165) is 0 Å². The molecular formula is C95H189NO35Si6. The van der Waals surface area contributed by atoms with E-state index >= 15 is 0 Å². The van der Waals surface area contributed by atoms with Crippen LogP contribution in [0.4, 0.5) is 0 Å². The number of methoxy groups -OCH3 is 14. The molecule has 0 aromatic heterocycles. The van der Waals surface area contributed by atoms with E-state index in [1.807, 2.05) is 0 Å². The van der Waals surface area contributed by atoms with Crippen molar-refractivity contribution in [3.8, 4) is 0 Å². The second kappa shape index (κ2) is 50.2. The molecule has 0 saturated carbocycles. The van der Waals surface area contributed by atoms with Crippen molar-refractivity contribution in [2.75, 3.05) is 159 Å². The van der Waals surface area contributed by atoms with Crippen LogP contribution in [0.3, 0.4) is 0 Å². The van der Waals surface area contributed by atoms with E-state index in [2.05, 4.69) is 203 Å². The Morgan fingerprint density at radius 3 is 0.423 bits per heavy atom. The molecule has 0 spiro atoms. The Morgan fingerprint density at radius 1 is 0.190 bits per heavy atom.